The van der Waals surface area contributed by atoms with Gasteiger partial charge in [-0.05, 0) is 49.9 Å². The van der Waals surface area contributed by atoms with Gasteiger partial charge in [-0.15, -0.1) is 0 Å². The number of carbonyl (C=O) groups excluding carboxylic acids is 2. The number of nitrogens with zero attached hydrogens (tertiary/aromatic N) is 2. The van der Waals surface area contributed by atoms with Crippen LogP contribution in [-0.2, 0) is 9.59 Å². The maximum Gasteiger partial charge on any atom is 0.242 e. The van der Waals surface area contributed by atoms with E-state index < -0.39 is 5.60 Å². The molecular formula is C20H27FN2O4. The fraction of sp³-hybridized carbons (Fsp3) is 0.600. The molecule has 2 aliphatic rings. The zero-order chi connectivity index (χ0) is 19.3. The molecular weight excluding hydrogens is 351 g/mol. The van der Waals surface area contributed by atoms with Crippen LogP contribution in [0, 0.1) is 5.82 Å². The summed E-state index contributed by atoms with van der Waals surface area (Å²) in [6, 6.07) is 5.62. The molecule has 7 heteroatoms. The fourth-order valence-corrected chi connectivity index (χ4v) is 3.66. The van der Waals surface area contributed by atoms with E-state index in [1.54, 1.807) is 9.80 Å². The van der Waals surface area contributed by atoms with Crippen molar-refractivity contribution < 1.29 is 23.8 Å². The number of hydrogen-bond acceptors (Lipinski definition) is 4. The number of piperidine rings is 1. The molecule has 0 saturated carbocycles. The Morgan fingerprint density at radius 1 is 1.15 bits per heavy atom. The molecule has 1 aromatic rings. The molecule has 3 rings (SSSR count). The summed E-state index contributed by atoms with van der Waals surface area (Å²) in [6.07, 6.45) is 4.52. The van der Waals surface area contributed by atoms with Crippen LogP contribution in [0.4, 0.5) is 4.39 Å². The summed E-state index contributed by atoms with van der Waals surface area (Å²) in [5.41, 5.74) is -1.15. The van der Waals surface area contributed by atoms with Gasteiger partial charge >= 0.3 is 0 Å². The Labute approximate surface area is 158 Å². The molecule has 1 aromatic carbocycles. The first-order valence-electron chi connectivity index (χ1n) is 9.61. The van der Waals surface area contributed by atoms with E-state index in [1.807, 2.05) is 0 Å². The lowest BCUT2D eigenvalue weighted by Crippen LogP contribution is -2.55. The molecule has 0 aliphatic carbocycles. The van der Waals surface area contributed by atoms with Crippen molar-refractivity contribution in [3.05, 3.63) is 30.1 Å². The van der Waals surface area contributed by atoms with Gasteiger partial charge in [0.2, 0.25) is 11.8 Å². The van der Waals surface area contributed by atoms with Gasteiger partial charge in [-0.3, -0.25) is 9.59 Å². The van der Waals surface area contributed by atoms with Gasteiger partial charge in [0, 0.05) is 19.5 Å². The summed E-state index contributed by atoms with van der Waals surface area (Å²) in [6.45, 7) is 1.48. The Hall–Kier alpha value is -2.15. The minimum absolute atomic E-state index is 0.0328. The number of rotatable bonds is 5. The highest BCUT2D eigenvalue weighted by Gasteiger charge is 2.36. The molecule has 2 aliphatic heterocycles. The van der Waals surface area contributed by atoms with Gasteiger partial charge in [0.15, 0.2) is 0 Å². The van der Waals surface area contributed by atoms with Gasteiger partial charge in [0.1, 0.15) is 23.8 Å². The van der Waals surface area contributed by atoms with Crippen LogP contribution in [0.5, 0.6) is 5.75 Å². The molecule has 0 spiro atoms. The Morgan fingerprint density at radius 2 is 1.93 bits per heavy atom. The lowest BCUT2D eigenvalue weighted by Gasteiger charge is -2.39. The quantitative estimate of drug-likeness (QED) is 0.850. The summed E-state index contributed by atoms with van der Waals surface area (Å²) in [5, 5.41) is 10.8. The van der Waals surface area contributed by atoms with Gasteiger partial charge < -0.3 is 19.6 Å². The minimum atomic E-state index is -1.15. The van der Waals surface area contributed by atoms with E-state index in [-0.39, 0.29) is 37.3 Å². The first kappa shape index (κ1) is 19.6. The molecule has 148 valence electrons. The van der Waals surface area contributed by atoms with Crippen LogP contribution in [0.3, 0.4) is 0 Å². The van der Waals surface area contributed by atoms with E-state index in [0.717, 1.165) is 19.3 Å². The van der Waals surface area contributed by atoms with E-state index in [1.165, 1.54) is 24.3 Å². The third-order valence-electron chi connectivity index (χ3n) is 5.23. The van der Waals surface area contributed by atoms with Crippen molar-refractivity contribution in [2.45, 2.75) is 44.1 Å². The fourth-order valence-electron chi connectivity index (χ4n) is 3.66. The number of ether oxygens (including phenoxy) is 1. The highest BCUT2D eigenvalue weighted by Crippen LogP contribution is 2.23. The summed E-state index contributed by atoms with van der Waals surface area (Å²) in [4.78, 5) is 28.0. The highest BCUT2D eigenvalue weighted by molar-refractivity contribution is 5.85. The lowest BCUT2D eigenvalue weighted by molar-refractivity contribution is -0.145. The molecule has 1 N–H and O–H groups in total. The van der Waals surface area contributed by atoms with E-state index in [4.69, 9.17) is 4.74 Å². The molecule has 2 fully saturated rings. The summed E-state index contributed by atoms with van der Waals surface area (Å²) in [7, 11) is 0. The average Bonchev–Trinajstić information content (AvgIpc) is 2.86. The van der Waals surface area contributed by atoms with Crippen molar-refractivity contribution in [1.82, 2.24) is 9.80 Å². The molecule has 1 atom stereocenters. The first-order valence-corrected chi connectivity index (χ1v) is 9.61. The highest BCUT2D eigenvalue weighted by atomic mass is 19.1. The number of β-amino-alcohol motifs (C(OH)–C–C–N with tert-alkyl or cyclic N) is 1. The molecule has 27 heavy (non-hydrogen) atoms. The zero-order valence-corrected chi connectivity index (χ0v) is 15.5. The van der Waals surface area contributed by atoms with Gasteiger partial charge in [-0.1, -0.05) is 6.42 Å². The third kappa shape index (κ3) is 5.42. The average molecular weight is 378 g/mol. The summed E-state index contributed by atoms with van der Waals surface area (Å²) >= 11 is 0. The molecule has 0 bridgehead atoms. The molecule has 2 saturated heterocycles. The lowest BCUT2D eigenvalue weighted by atomic mass is 9.93. The number of benzene rings is 1. The van der Waals surface area contributed by atoms with Gasteiger partial charge in [0.05, 0.1) is 13.1 Å². The van der Waals surface area contributed by atoms with Gasteiger partial charge in [-0.25, -0.2) is 4.39 Å². The standard InChI is InChI=1S/C20H27FN2O4/c21-16-6-8-17(9-7-16)27-15-20(26)10-4-12-23(14-20)19(25)13-22-11-3-1-2-5-18(22)24/h6-9,26H,1-5,10-15H2. The topological polar surface area (TPSA) is 70.1 Å². The molecule has 2 amide bonds. The van der Waals surface area contributed by atoms with Crippen LogP contribution in [0.1, 0.15) is 38.5 Å². The molecule has 6 nitrogen and oxygen atoms in total. The predicted molar refractivity (Wildman–Crippen MR) is 97.7 cm³/mol. The Morgan fingerprint density at radius 3 is 2.70 bits per heavy atom. The second-order valence-corrected chi connectivity index (χ2v) is 7.51. The van der Waals surface area contributed by atoms with E-state index >= 15 is 0 Å². The number of carbonyl (C=O) groups is 2. The van der Waals surface area contributed by atoms with Crippen molar-refractivity contribution in [2.24, 2.45) is 0 Å². The van der Waals surface area contributed by atoms with Crippen LogP contribution in [-0.4, -0.2) is 65.1 Å². The Bertz CT molecular complexity index is 666. The van der Waals surface area contributed by atoms with Crippen molar-refractivity contribution >= 4 is 11.8 Å². The molecule has 0 radical (unpaired) electrons. The SMILES string of the molecule is O=C1CCCCCN1CC(=O)N1CCCC(O)(COc2ccc(F)cc2)C1. The van der Waals surface area contributed by atoms with Crippen LogP contribution in [0.2, 0.25) is 0 Å². The van der Waals surface area contributed by atoms with Crippen molar-refractivity contribution in [1.29, 1.82) is 0 Å². The number of likely N-dealkylation sites (tertiary alicyclic amines) is 2. The van der Waals surface area contributed by atoms with Crippen LogP contribution < -0.4 is 4.74 Å². The molecule has 2 heterocycles. The van der Waals surface area contributed by atoms with E-state index in [9.17, 15) is 19.1 Å². The zero-order valence-electron chi connectivity index (χ0n) is 15.5. The van der Waals surface area contributed by atoms with Crippen LogP contribution in [0.25, 0.3) is 0 Å². The minimum Gasteiger partial charge on any atom is -0.491 e. The van der Waals surface area contributed by atoms with Gasteiger partial charge in [-0.2, -0.15) is 0 Å². The third-order valence-corrected chi connectivity index (χ3v) is 5.23. The largest absolute Gasteiger partial charge is 0.491 e. The van der Waals surface area contributed by atoms with Crippen molar-refractivity contribution in [3.63, 3.8) is 0 Å². The van der Waals surface area contributed by atoms with Crippen LogP contribution >= 0.6 is 0 Å². The van der Waals surface area contributed by atoms with Gasteiger partial charge in [0.25, 0.3) is 0 Å². The van der Waals surface area contributed by atoms with E-state index in [2.05, 4.69) is 0 Å². The second-order valence-electron chi connectivity index (χ2n) is 7.51. The first-order chi connectivity index (χ1) is 13.0. The number of hydrogen-bond donors (Lipinski definition) is 1. The smallest absolute Gasteiger partial charge is 0.242 e. The number of halogens is 1. The molecule has 1 unspecified atom stereocenters. The second kappa shape index (κ2) is 8.69. The monoisotopic (exact) mass is 378 g/mol. The summed E-state index contributed by atoms with van der Waals surface area (Å²) in [5.74, 6) is 0.0277. The normalized spacial score (nSPS) is 23.9. The predicted octanol–water partition coefficient (Wildman–Crippen LogP) is 1.96. The number of aliphatic hydroxyl groups is 1. The van der Waals surface area contributed by atoms with E-state index in [0.29, 0.717) is 38.1 Å². The maximum absolute atomic E-state index is 13.0. The Kier molecular flexibility index (Phi) is 6.31. The summed E-state index contributed by atoms with van der Waals surface area (Å²) < 4.78 is 18.6. The maximum atomic E-state index is 13.0. The number of amides is 2. The Balaban J connectivity index is 1.54. The van der Waals surface area contributed by atoms with Crippen LogP contribution in [0.15, 0.2) is 24.3 Å². The van der Waals surface area contributed by atoms with Crippen molar-refractivity contribution in [2.75, 3.05) is 32.8 Å². The molecule has 0 aromatic heterocycles. The van der Waals surface area contributed by atoms with Crippen molar-refractivity contribution in [3.8, 4) is 5.75 Å².